The van der Waals surface area contributed by atoms with Crippen molar-refractivity contribution < 1.29 is 19.2 Å². The molecule has 0 fully saturated rings. The van der Waals surface area contributed by atoms with Gasteiger partial charge in [0.15, 0.2) is 5.76 Å². The zero-order valence-corrected chi connectivity index (χ0v) is 10.9. The first-order valence-electron chi connectivity index (χ1n) is 5.75. The van der Waals surface area contributed by atoms with Gasteiger partial charge in [-0.3, -0.25) is 4.79 Å². The quantitative estimate of drug-likeness (QED) is 0.796. The smallest absolute Gasteiger partial charge is 0.204 e. The highest BCUT2D eigenvalue weighted by atomic mass is 32.2. The van der Waals surface area contributed by atoms with E-state index in [9.17, 15) is 9.90 Å². The minimum atomic E-state index is -0.873. The van der Waals surface area contributed by atoms with Crippen LogP contribution in [-0.2, 0) is 4.74 Å². The van der Waals surface area contributed by atoms with Crippen molar-refractivity contribution in [3.8, 4) is 0 Å². The average Bonchev–Trinajstić information content (AvgIpc) is 2.84. The molecular weight excluding hydrogens is 254 g/mol. The third kappa shape index (κ3) is 2.82. The fourth-order valence-electron chi connectivity index (χ4n) is 1.70. The molecule has 0 saturated carbocycles. The van der Waals surface area contributed by atoms with E-state index in [-0.39, 0.29) is 11.5 Å². The number of nitrogens with zero attached hydrogens (tertiary/aromatic N) is 1. The van der Waals surface area contributed by atoms with E-state index >= 15 is 0 Å². The number of methoxy groups -OCH3 is 1. The average molecular weight is 269 g/mol. The number of Topliss-reactive ketones (excluding diaryl/α,β-unsaturated/α-hetero) is 1. The van der Waals surface area contributed by atoms with Crippen molar-refractivity contribution in [2.24, 2.45) is 0 Å². The maximum atomic E-state index is 12.0. The lowest BCUT2D eigenvalue weighted by molar-refractivity contribution is 0.101. The molecule has 1 heterocycles. The molecule has 1 aromatic heterocycles. The van der Waals surface area contributed by atoms with Crippen LogP contribution >= 0.6 is 11.8 Å². The molecule has 1 aromatic rings. The number of rotatable bonds is 6. The van der Waals surface area contributed by atoms with E-state index in [1.807, 2.05) is 0 Å². The highest BCUT2D eigenvalue weighted by Gasteiger charge is 2.29. The second kappa shape index (κ2) is 6.17. The predicted octanol–water partition coefficient (Wildman–Crippen LogP) is 1.95. The molecule has 6 heteroatoms. The summed E-state index contributed by atoms with van der Waals surface area (Å²) < 4.78 is 9.81. The van der Waals surface area contributed by atoms with Crippen LogP contribution in [0.1, 0.15) is 35.1 Å². The number of unbranched alkanes of at least 4 members (excludes halogenated alkanes) is 1. The molecule has 18 heavy (non-hydrogen) atoms. The zero-order chi connectivity index (χ0) is 13.0. The monoisotopic (exact) mass is 269 g/mol. The van der Waals surface area contributed by atoms with E-state index in [1.54, 1.807) is 7.11 Å². The molecule has 1 aliphatic carbocycles. The molecule has 0 spiro atoms. The molecule has 1 atom stereocenters. The lowest BCUT2D eigenvalue weighted by atomic mass is 10.0. The summed E-state index contributed by atoms with van der Waals surface area (Å²) in [6, 6.07) is 0. The van der Waals surface area contributed by atoms with Crippen molar-refractivity contribution in [3.05, 3.63) is 28.5 Å². The van der Waals surface area contributed by atoms with E-state index < -0.39 is 6.10 Å². The maximum Gasteiger partial charge on any atom is 0.204 e. The second-order valence-electron chi connectivity index (χ2n) is 3.96. The summed E-state index contributed by atoms with van der Waals surface area (Å²) in [6.45, 7) is 0.728. The third-order valence-electron chi connectivity index (χ3n) is 2.64. The van der Waals surface area contributed by atoms with Crippen molar-refractivity contribution in [2.75, 3.05) is 19.5 Å². The number of carbonyl (C=O) groups excluding carboxylic acids is 1. The van der Waals surface area contributed by atoms with E-state index in [0.29, 0.717) is 10.5 Å². The number of ether oxygens (including phenoxy) is 1. The van der Waals surface area contributed by atoms with Gasteiger partial charge in [-0.1, -0.05) is 5.16 Å². The van der Waals surface area contributed by atoms with Gasteiger partial charge in [-0.05, 0) is 24.7 Å². The van der Waals surface area contributed by atoms with Gasteiger partial charge in [0, 0.05) is 13.7 Å². The second-order valence-corrected chi connectivity index (χ2v) is 5.09. The van der Waals surface area contributed by atoms with Gasteiger partial charge in [-0.15, -0.1) is 11.8 Å². The van der Waals surface area contributed by atoms with Crippen LogP contribution < -0.4 is 0 Å². The Hall–Kier alpha value is -1.11. The highest BCUT2D eigenvalue weighted by molar-refractivity contribution is 8.04. The normalized spacial score (nSPS) is 18.7. The molecular formula is C12H15NO4S. The first kappa shape index (κ1) is 13.3. The van der Waals surface area contributed by atoms with Gasteiger partial charge in [-0.25, -0.2) is 0 Å². The third-order valence-corrected chi connectivity index (χ3v) is 3.77. The van der Waals surface area contributed by atoms with E-state index in [4.69, 9.17) is 9.26 Å². The number of hydrogen-bond donors (Lipinski definition) is 1. The van der Waals surface area contributed by atoms with Crippen LogP contribution in [0.15, 0.2) is 21.7 Å². The van der Waals surface area contributed by atoms with Gasteiger partial charge in [0.2, 0.25) is 5.78 Å². The summed E-state index contributed by atoms with van der Waals surface area (Å²) in [4.78, 5) is 12.6. The van der Waals surface area contributed by atoms with Crippen molar-refractivity contribution in [2.45, 2.75) is 18.9 Å². The van der Waals surface area contributed by atoms with Crippen molar-refractivity contribution in [3.63, 3.8) is 0 Å². The largest absolute Gasteiger partial charge is 0.385 e. The standard InChI is InChI=1S/C12H15NO4S/c1-16-4-2-3-5-18-10-6-9(14)12-8(11(10)15)7-13-17-12/h6-7,9,14H,2-5H2,1H3. The number of aliphatic hydroxyl groups is 1. The summed E-state index contributed by atoms with van der Waals surface area (Å²) in [5, 5.41) is 13.3. The SMILES string of the molecule is COCCCCSC1=CC(O)c2oncc2C1=O. The summed E-state index contributed by atoms with van der Waals surface area (Å²) >= 11 is 1.45. The Morgan fingerprint density at radius 2 is 2.39 bits per heavy atom. The Balaban J connectivity index is 1.92. The lowest BCUT2D eigenvalue weighted by Crippen LogP contribution is -2.12. The first-order chi connectivity index (χ1) is 8.74. The van der Waals surface area contributed by atoms with Crippen molar-refractivity contribution in [1.29, 1.82) is 0 Å². The van der Waals surface area contributed by atoms with Crippen LogP contribution in [0.3, 0.4) is 0 Å². The molecule has 0 aromatic carbocycles. The Morgan fingerprint density at radius 3 is 3.17 bits per heavy atom. The Morgan fingerprint density at radius 1 is 1.56 bits per heavy atom. The first-order valence-corrected chi connectivity index (χ1v) is 6.73. The molecule has 2 rings (SSSR count). The molecule has 5 nitrogen and oxygen atoms in total. The number of thioether (sulfide) groups is 1. The Kier molecular flexibility index (Phi) is 4.57. The molecule has 0 amide bonds. The van der Waals surface area contributed by atoms with Gasteiger partial charge >= 0.3 is 0 Å². The van der Waals surface area contributed by atoms with Gasteiger partial charge < -0.3 is 14.4 Å². The minimum Gasteiger partial charge on any atom is -0.385 e. The molecule has 0 bridgehead atoms. The zero-order valence-electron chi connectivity index (χ0n) is 10.1. The van der Waals surface area contributed by atoms with E-state index in [0.717, 1.165) is 25.2 Å². The van der Waals surface area contributed by atoms with Crippen LogP contribution in [0.25, 0.3) is 0 Å². The highest BCUT2D eigenvalue weighted by Crippen LogP contribution is 2.33. The number of fused-ring (bicyclic) bond motifs is 1. The van der Waals surface area contributed by atoms with Gasteiger partial charge in [0.25, 0.3) is 0 Å². The Labute approximate surface area is 109 Å². The number of carbonyl (C=O) groups is 1. The van der Waals surface area contributed by atoms with Crippen molar-refractivity contribution in [1.82, 2.24) is 5.16 Å². The predicted molar refractivity (Wildman–Crippen MR) is 67.4 cm³/mol. The molecule has 0 radical (unpaired) electrons. The fourth-order valence-corrected chi connectivity index (χ4v) is 2.74. The summed E-state index contributed by atoms with van der Waals surface area (Å²) in [6.07, 6.45) is 3.94. The number of hydrogen-bond acceptors (Lipinski definition) is 6. The van der Waals surface area contributed by atoms with E-state index in [1.165, 1.54) is 24.0 Å². The van der Waals surface area contributed by atoms with Gasteiger partial charge in [0.1, 0.15) is 6.10 Å². The van der Waals surface area contributed by atoms with Crippen LogP contribution in [0.2, 0.25) is 0 Å². The number of aliphatic hydroxyl groups excluding tert-OH is 1. The van der Waals surface area contributed by atoms with Crippen LogP contribution in [0.4, 0.5) is 0 Å². The topological polar surface area (TPSA) is 72.6 Å². The minimum absolute atomic E-state index is 0.117. The van der Waals surface area contributed by atoms with Crippen LogP contribution in [-0.4, -0.2) is 35.5 Å². The number of allylic oxidation sites excluding steroid dienone is 1. The Bertz CT molecular complexity index is 455. The molecule has 98 valence electrons. The van der Waals surface area contributed by atoms with E-state index in [2.05, 4.69) is 5.16 Å². The van der Waals surface area contributed by atoms with Crippen molar-refractivity contribution >= 4 is 17.5 Å². The molecule has 1 N–H and O–H groups in total. The van der Waals surface area contributed by atoms with Gasteiger partial charge in [-0.2, -0.15) is 0 Å². The fraction of sp³-hybridized carbons (Fsp3) is 0.500. The summed E-state index contributed by atoms with van der Waals surface area (Å²) in [5.41, 5.74) is 0.365. The van der Waals surface area contributed by atoms with Crippen LogP contribution in [0.5, 0.6) is 0 Å². The molecule has 1 unspecified atom stereocenters. The summed E-state index contributed by atoms with van der Waals surface area (Å²) in [5.74, 6) is 0.950. The molecule has 0 saturated heterocycles. The van der Waals surface area contributed by atoms with Crippen LogP contribution in [0, 0.1) is 0 Å². The number of aromatic nitrogens is 1. The number of ketones is 1. The summed E-state index contributed by atoms with van der Waals surface area (Å²) in [7, 11) is 1.67. The van der Waals surface area contributed by atoms with Gasteiger partial charge in [0.05, 0.1) is 16.7 Å². The lowest BCUT2D eigenvalue weighted by Gasteiger charge is -2.14. The molecule has 0 aliphatic heterocycles. The molecule has 1 aliphatic rings. The maximum absolute atomic E-state index is 12.0.